The number of hydrogen-bond donors (Lipinski definition) is 1. The topological polar surface area (TPSA) is 57.6 Å². The van der Waals surface area contributed by atoms with Crippen molar-refractivity contribution in [3.63, 3.8) is 0 Å². The molecule has 1 amide bonds. The summed E-state index contributed by atoms with van der Waals surface area (Å²) in [5, 5.41) is 9.51. The van der Waals surface area contributed by atoms with E-state index in [9.17, 15) is 14.7 Å². The van der Waals surface area contributed by atoms with E-state index in [1.807, 2.05) is 4.90 Å². The fraction of sp³-hybridized carbons (Fsp3) is 0.882. The van der Waals surface area contributed by atoms with Gasteiger partial charge in [0.05, 0.1) is 5.41 Å². The zero-order valence-corrected chi connectivity index (χ0v) is 13.3. The summed E-state index contributed by atoms with van der Waals surface area (Å²) < 4.78 is 0. The van der Waals surface area contributed by atoms with Crippen LogP contribution in [0.2, 0.25) is 0 Å². The molecular weight excluding hydrogens is 266 g/mol. The Morgan fingerprint density at radius 3 is 2.48 bits per heavy atom. The van der Waals surface area contributed by atoms with Crippen molar-refractivity contribution < 1.29 is 14.7 Å². The van der Waals surface area contributed by atoms with Crippen molar-refractivity contribution in [2.45, 2.75) is 71.1 Å². The number of amides is 1. The van der Waals surface area contributed by atoms with Crippen molar-refractivity contribution in [2.75, 3.05) is 13.1 Å². The van der Waals surface area contributed by atoms with E-state index in [-0.39, 0.29) is 12.3 Å². The highest BCUT2D eigenvalue weighted by Crippen LogP contribution is 2.42. The SMILES string of the molecule is CCCC1CCCN(C(=O)CC2(C(=O)O)CCCC2)CC1. The van der Waals surface area contributed by atoms with Crippen LogP contribution >= 0.6 is 0 Å². The zero-order chi connectivity index (χ0) is 15.3. The van der Waals surface area contributed by atoms with Gasteiger partial charge in [0.1, 0.15) is 0 Å². The number of aliphatic carboxylic acids is 1. The smallest absolute Gasteiger partial charge is 0.310 e. The molecule has 4 nitrogen and oxygen atoms in total. The second kappa shape index (κ2) is 7.28. The van der Waals surface area contributed by atoms with Crippen LogP contribution in [0.4, 0.5) is 0 Å². The van der Waals surface area contributed by atoms with Crippen molar-refractivity contribution in [1.29, 1.82) is 0 Å². The third kappa shape index (κ3) is 3.98. The summed E-state index contributed by atoms with van der Waals surface area (Å²) in [5.74, 6) is 0.0381. The molecule has 1 aliphatic heterocycles. The summed E-state index contributed by atoms with van der Waals surface area (Å²) in [7, 11) is 0. The highest BCUT2D eigenvalue weighted by atomic mass is 16.4. The summed E-state index contributed by atoms with van der Waals surface area (Å²) in [5.41, 5.74) is -0.772. The fourth-order valence-electron chi connectivity index (χ4n) is 4.03. The van der Waals surface area contributed by atoms with Gasteiger partial charge < -0.3 is 10.0 Å². The van der Waals surface area contributed by atoms with E-state index in [4.69, 9.17) is 0 Å². The molecule has 0 spiro atoms. The van der Waals surface area contributed by atoms with Gasteiger partial charge in [0.25, 0.3) is 0 Å². The molecule has 120 valence electrons. The largest absolute Gasteiger partial charge is 0.481 e. The van der Waals surface area contributed by atoms with E-state index in [1.165, 1.54) is 19.3 Å². The average Bonchev–Trinajstić information content (AvgIpc) is 2.79. The average molecular weight is 295 g/mol. The monoisotopic (exact) mass is 295 g/mol. The van der Waals surface area contributed by atoms with Gasteiger partial charge in [0.15, 0.2) is 0 Å². The van der Waals surface area contributed by atoms with E-state index < -0.39 is 11.4 Å². The van der Waals surface area contributed by atoms with Gasteiger partial charge in [-0.1, -0.05) is 32.6 Å². The van der Waals surface area contributed by atoms with Gasteiger partial charge in [0.2, 0.25) is 5.91 Å². The Balaban J connectivity index is 1.92. The van der Waals surface area contributed by atoms with Gasteiger partial charge >= 0.3 is 5.97 Å². The summed E-state index contributed by atoms with van der Waals surface area (Å²) in [6, 6.07) is 0. The molecular formula is C17H29NO3. The Morgan fingerprint density at radius 1 is 1.14 bits per heavy atom. The molecule has 0 bridgehead atoms. The first-order valence-electron chi connectivity index (χ1n) is 8.58. The van der Waals surface area contributed by atoms with Gasteiger partial charge in [-0.25, -0.2) is 0 Å². The Morgan fingerprint density at radius 2 is 1.86 bits per heavy atom. The summed E-state index contributed by atoms with van der Waals surface area (Å²) in [6.45, 7) is 3.85. The van der Waals surface area contributed by atoms with Crippen LogP contribution in [0, 0.1) is 11.3 Å². The fourth-order valence-corrected chi connectivity index (χ4v) is 4.03. The number of carbonyl (C=O) groups is 2. The molecule has 0 aromatic carbocycles. The maximum Gasteiger partial charge on any atom is 0.310 e. The second-order valence-corrected chi connectivity index (χ2v) is 6.94. The third-order valence-electron chi connectivity index (χ3n) is 5.40. The highest BCUT2D eigenvalue weighted by Gasteiger charge is 2.43. The van der Waals surface area contributed by atoms with E-state index in [0.29, 0.717) is 12.8 Å². The number of likely N-dealkylation sites (tertiary alicyclic amines) is 1. The molecule has 1 atom stereocenters. The van der Waals surface area contributed by atoms with E-state index in [1.54, 1.807) is 0 Å². The lowest BCUT2D eigenvalue weighted by molar-refractivity contribution is -0.153. The maximum absolute atomic E-state index is 12.5. The quantitative estimate of drug-likeness (QED) is 0.845. The van der Waals surface area contributed by atoms with Gasteiger partial charge in [-0.2, -0.15) is 0 Å². The molecule has 4 heteroatoms. The van der Waals surface area contributed by atoms with Crippen molar-refractivity contribution >= 4 is 11.9 Å². The van der Waals surface area contributed by atoms with Crippen LogP contribution in [0.5, 0.6) is 0 Å². The van der Waals surface area contributed by atoms with E-state index in [0.717, 1.165) is 44.7 Å². The molecule has 2 aliphatic rings. The van der Waals surface area contributed by atoms with Crippen molar-refractivity contribution in [3.05, 3.63) is 0 Å². The zero-order valence-electron chi connectivity index (χ0n) is 13.3. The number of carboxylic acids is 1. The van der Waals surface area contributed by atoms with E-state index >= 15 is 0 Å². The maximum atomic E-state index is 12.5. The third-order valence-corrected chi connectivity index (χ3v) is 5.40. The molecule has 0 aromatic heterocycles. The summed E-state index contributed by atoms with van der Waals surface area (Å²) >= 11 is 0. The van der Waals surface area contributed by atoms with Crippen LogP contribution in [0.1, 0.15) is 71.1 Å². The van der Waals surface area contributed by atoms with Crippen LogP contribution in [0.3, 0.4) is 0 Å². The van der Waals surface area contributed by atoms with Gasteiger partial charge in [0, 0.05) is 19.5 Å². The number of hydrogen-bond acceptors (Lipinski definition) is 2. The second-order valence-electron chi connectivity index (χ2n) is 6.94. The van der Waals surface area contributed by atoms with Gasteiger partial charge in [-0.3, -0.25) is 9.59 Å². The first-order valence-corrected chi connectivity index (χ1v) is 8.58. The predicted octanol–water partition coefficient (Wildman–Crippen LogP) is 3.45. The molecule has 2 rings (SSSR count). The molecule has 1 aliphatic carbocycles. The van der Waals surface area contributed by atoms with Crippen LogP contribution in [-0.2, 0) is 9.59 Å². The molecule has 1 saturated heterocycles. The molecule has 1 saturated carbocycles. The summed E-state index contributed by atoms with van der Waals surface area (Å²) in [6.07, 6.45) is 9.25. The first-order chi connectivity index (χ1) is 10.1. The molecule has 1 heterocycles. The minimum Gasteiger partial charge on any atom is -0.481 e. The minimum absolute atomic E-state index is 0.0662. The Labute approximate surface area is 127 Å². The van der Waals surface area contributed by atoms with Crippen LogP contribution in [-0.4, -0.2) is 35.0 Å². The van der Waals surface area contributed by atoms with E-state index in [2.05, 4.69) is 6.92 Å². The normalized spacial score (nSPS) is 25.6. The number of nitrogens with zero attached hydrogens (tertiary/aromatic N) is 1. The predicted molar refractivity (Wildman–Crippen MR) is 82.0 cm³/mol. The van der Waals surface area contributed by atoms with Crippen LogP contribution < -0.4 is 0 Å². The Hall–Kier alpha value is -1.06. The molecule has 0 aromatic rings. The molecule has 0 radical (unpaired) electrons. The molecule has 2 fully saturated rings. The highest BCUT2D eigenvalue weighted by molar-refractivity contribution is 5.85. The van der Waals surface area contributed by atoms with Gasteiger partial charge in [-0.05, 0) is 38.0 Å². The molecule has 1 unspecified atom stereocenters. The Bertz CT molecular complexity index is 374. The minimum atomic E-state index is -0.772. The van der Waals surface area contributed by atoms with Crippen molar-refractivity contribution in [3.8, 4) is 0 Å². The summed E-state index contributed by atoms with van der Waals surface area (Å²) in [4.78, 5) is 26.0. The van der Waals surface area contributed by atoms with Gasteiger partial charge in [-0.15, -0.1) is 0 Å². The lowest BCUT2D eigenvalue weighted by atomic mass is 9.82. The number of carbonyl (C=O) groups excluding carboxylic acids is 1. The number of carboxylic acid groups (broad SMARTS) is 1. The van der Waals surface area contributed by atoms with Crippen molar-refractivity contribution in [1.82, 2.24) is 4.90 Å². The Kier molecular flexibility index (Phi) is 5.65. The van der Waals surface area contributed by atoms with Crippen LogP contribution in [0.15, 0.2) is 0 Å². The lowest BCUT2D eigenvalue weighted by Crippen LogP contribution is -2.39. The number of rotatable bonds is 5. The van der Waals surface area contributed by atoms with Crippen molar-refractivity contribution in [2.24, 2.45) is 11.3 Å². The standard InChI is InChI=1S/C17H29NO3/c1-2-6-14-7-5-11-18(12-8-14)15(19)13-17(16(20)21)9-3-4-10-17/h14H,2-13H2,1H3,(H,20,21). The van der Waals surface area contributed by atoms with Crippen LogP contribution in [0.25, 0.3) is 0 Å². The first kappa shape index (κ1) is 16.3. The molecule has 21 heavy (non-hydrogen) atoms. The lowest BCUT2D eigenvalue weighted by Gasteiger charge is -2.28. The molecule has 1 N–H and O–H groups in total.